The molecule has 2 aromatic carbocycles. The van der Waals surface area contributed by atoms with Crippen molar-refractivity contribution in [2.45, 2.75) is 10.1 Å². The second kappa shape index (κ2) is 8.32. The zero-order valence-electron chi connectivity index (χ0n) is 12.9. The smallest absolute Gasteiger partial charge is 0.341 e. The maximum absolute atomic E-state index is 13.9. The lowest BCUT2D eigenvalue weighted by molar-refractivity contribution is -0.139. The monoisotopic (exact) mass is 385 g/mol. The van der Waals surface area contributed by atoms with Gasteiger partial charge in [0.25, 0.3) is 0 Å². The van der Waals surface area contributed by atoms with Crippen molar-refractivity contribution in [2.24, 2.45) is 0 Å². The highest BCUT2D eigenvalue weighted by atomic mass is 32.2. The van der Waals surface area contributed by atoms with Gasteiger partial charge in [0.15, 0.2) is 18.2 Å². The maximum atomic E-state index is 13.9. The molecule has 0 bridgehead atoms. The first-order chi connectivity index (χ1) is 11.8. The van der Waals surface area contributed by atoms with E-state index in [0.29, 0.717) is 5.56 Å². The molecule has 1 unspecified atom stereocenters. The average Bonchev–Trinajstić information content (AvgIpc) is 2.59. The normalized spacial score (nSPS) is 12.6. The Morgan fingerprint density at radius 3 is 2.52 bits per heavy atom. The molecule has 25 heavy (non-hydrogen) atoms. The molecule has 0 saturated carbocycles. The van der Waals surface area contributed by atoms with E-state index in [4.69, 9.17) is 9.84 Å². The molecule has 2 aromatic rings. The number of sulfonamides is 1. The third-order valence-electron chi connectivity index (χ3n) is 3.21. The molecule has 0 fully saturated rings. The highest BCUT2D eigenvalue weighted by Crippen LogP contribution is 2.25. The number of aliphatic carboxylic acids is 1. The third kappa shape index (κ3) is 5.45. The first kappa shape index (κ1) is 19.2. The number of ether oxygens (including phenoxy) is 1. The van der Waals surface area contributed by atoms with Gasteiger partial charge < -0.3 is 9.84 Å². The zero-order chi connectivity index (χ0) is 18.4. The van der Waals surface area contributed by atoms with Crippen molar-refractivity contribution in [3.63, 3.8) is 0 Å². The van der Waals surface area contributed by atoms with Crippen LogP contribution in [0.4, 0.5) is 4.39 Å². The summed E-state index contributed by atoms with van der Waals surface area (Å²) < 4.78 is 45.4. The summed E-state index contributed by atoms with van der Waals surface area (Å²) in [6.45, 7) is -0.702. The Balaban J connectivity index is 2.02. The first-order valence-corrected chi connectivity index (χ1v) is 9.16. The minimum Gasteiger partial charge on any atom is -0.479 e. The molecule has 0 aliphatic carbocycles. The second-order valence-corrected chi connectivity index (χ2v) is 7.44. The van der Waals surface area contributed by atoms with Gasteiger partial charge in [-0.2, -0.15) is 12.6 Å². The van der Waals surface area contributed by atoms with Gasteiger partial charge >= 0.3 is 5.97 Å². The molecule has 2 rings (SSSR count). The number of hydrogen-bond donors (Lipinski definition) is 3. The fourth-order valence-electron chi connectivity index (χ4n) is 1.97. The summed E-state index contributed by atoms with van der Waals surface area (Å²) >= 11 is 4.28. The fourth-order valence-corrected chi connectivity index (χ4v) is 3.41. The molecule has 134 valence electrons. The molecule has 0 amide bonds. The van der Waals surface area contributed by atoms with E-state index in [1.165, 1.54) is 24.3 Å². The molecule has 1 atom stereocenters. The summed E-state index contributed by atoms with van der Waals surface area (Å²) in [6, 6.07) is 11.8. The fraction of sp³-hybridized carbons (Fsp3) is 0.188. The van der Waals surface area contributed by atoms with Crippen LogP contribution in [0.5, 0.6) is 5.75 Å². The Bertz CT molecular complexity index is 843. The van der Waals surface area contributed by atoms with Crippen molar-refractivity contribution >= 4 is 28.6 Å². The molecular formula is C16H16FNO5S2. The Kier molecular flexibility index (Phi) is 6.40. The van der Waals surface area contributed by atoms with E-state index in [1.54, 1.807) is 18.2 Å². The number of benzene rings is 2. The molecule has 0 heterocycles. The van der Waals surface area contributed by atoms with E-state index < -0.39 is 33.7 Å². The summed E-state index contributed by atoms with van der Waals surface area (Å²) in [5.74, 6) is -2.16. The minimum atomic E-state index is -3.68. The van der Waals surface area contributed by atoms with Gasteiger partial charge in [0, 0.05) is 11.8 Å². The molecule has 2 N–H and O–H groups in total. The van der Waals surface area contributed by atoms with Gasteiger partial charge in [-0.1, -0.05) is 24.3 Å². The number of carboxylic acids is 1. The largest absolute Gasteiger partial charge is 0.479 e. The highest BCUT2D eigenvalue weighted by molar-refractivity contribution is 7.89. The van der Waals surface area contributed by atoms with Crippen molar-refractivity contribution < 1.29 is 27.4 Å². The predicted octanol–water partition coefficient (Wildman–Crippen LogP) is 2.24. The Morgan fingerprint density at radius 2 is 1.92 bits per heavy atom. The number of rotatable bonds is 8. The molecular weight excluding hydrogens is 369 g/mol. The lowest BCUT2D eigenvalue weighted by Crippen LogP contribution is -2.27. The molecule has 0 radical (unpaired) electrons. The standard InChI is InChI=1S/C16H16FNO5S2/c17-13-8-11(6-7-14(13)23-10-16(19)20)15(24)9-18-25(21,22)12-4-2-1-3-5-12/h1-8,15,18,24H,9-10H2,(H,19,20). The van der Waals surface area contributed by atoms with Gasteiger partial charge in [-0.05, 0) is 29.8 Å². The molecule has 9 heteroatoms. The molecule has 0 aromatic heterocycles. The van der Waals surface area contributed by atoms with Crippen LogP contribution in [-0.4, -0.2) is 32.6 Å². The SMILES string of the molecule is O=C(O)COc1ccc(C(S)CNS(=O)(=O)c2ccccc2)cc1F. The van der Waals surface area contributed by atoms with Crippen molar-refractivity contribution in [3.8, 4) is 5.75 Å². The van der Waals surface area contributed by atoms with Crippen LogP contribution in [0.2, 0.25) is 0 Å². The summed E-state index contributed by atoms with van der Waals surface area (Å²) in [7, 11) is -3.68. The van der Waals surface area contributed by atoms with Crippen molar-refractivity contribution in [3.05, 3.63) is 59.9 Å². The Morgan fingerprint density at radius 1 is 1.24 bits per heavy atom. The summed E-state index contributed by atoms with van der Waals surface area (Å²) in [5.41, 5.74) is 0.430. The van der Waals surface area contributed by atoms with E-state index in [2.05, 4.69) is 17.4 Å². The van der Waals surface area contributed by atoms with E-state index in [-0.39, 0.29) is 17.2 Å². The number of carboxylic acid groups (broad SMARTS) is 1. The minimum absolute atomic E-state index is 0.0465. The number of thiol groups is 1. The number of carbonyl (C=O) groups is 1. The molecule has 0 aliphatic rings. The van der Waals surface area contributed by atoms with Crippen LogP contribution >= 0.6 is 12.6 Å². The quantitative estimate of drug-likeness (QED) is 0.606. The first-order valence-electron chi connectivity index (χ1n) is 7.16. The topological polar surface area (TPSA) is 92.7 Å². The van der Waals surface area contributed by atoms with Crippen LogP contribution in [0.3, 0.4) is 0 Å². The van der Waals surface area contributed by atoms with Gasteiger partial charge in [0.1, 0.15) is 0 Å². The molecule has 6 nitrogen and oxygen atoms in total. The van der Waals surface area contributed by atoms with Gasteiger partial charge in [0.2, 0.25) is 10.0 Å². The number of nitrogens with one attached hydrogen (secondary N) is 1. The van der Waals surface area contributed by atoms with Crippen LogP contribution in [0.1, 0.15) is 10.8 Å². The van der Waals surface area contributed by atoms with Gasteiger partial charge in [-0.15, -0.1) is 0 Å². The third-order valence-corrected chi connectivity index (χ3v) is 5.13. The Labute approximate surface area is 150 Å². The van der Waals surface area contributed by atoms with Crippen LogP contribution in [0.15, 0.2) is 53.4 Å². The summed E-state index contributed by atoms with van der Waals surface area (Å²) in [4.78, 5) is 10.6. The molecule has 0 saturated heterocycles. The Hall–Kier alpha value is -2.10. The van der Waals surface area contributed by atoms with Crippen LogP contribution in [-0.2, 0) is 14.8 Å². The van der Waals surface area contributed by atoms with Gasteiger partial charge in [0.05, 0.1) is 4.90 Å². The zero-order valence-corrected chi connectivity index (χ0v) is 14.6. The summed E-state index contributed by atoms with van der Waals surface area (Å²) in [5, 5.41) is 7.93. The summed E-state index contributed by atoms with van der Waals surface area (Å²) in [6.07, 6.45) is 0. The lowest BCUT2D eigenvalue weighted by atomic mass is 10.1. The van der Waals surface area contributed by atoms with E-state index in [0.717, 1.165) is 6.07 Å². The molecule has 0 aliphatic heterocycles. The number of halogens is 1. The van der Waals surface area contributed by atoms with E-state index >= 15 is 0 Å². The van der Waals surface area contributed by atoms with Crippen LogP contribution in [0.25, 0.3) is 0 Å². The van der Waals surface area contributed by atoms with Crippen LogP contribution < -0.4 is 9.46 Å². The molecule has 0 spiro atoms. The van der Waals surface area contributed by atoms with Crippen molar-refractivity contribution in [2.75, 3.05) is 13.2 Å². The highest BCUT2D eigenvalue weighted by Gasteiger charge is 2.17. The number of hydrogen-bond acceptors (Lipinski definition) is 5. The van der Waals surface area contributed by atoms with Gasteiger partial charge in [-0.25, -0.2) is 22.3 Å². The van der Waals surface area contributed by atoms with E-state index in [9.17, 15) is 17.6 Å². The van der Waals surface area contributed by atoms with Crippen molar-refractivity contribution in [1.29, 1.82) is 0 Å². The average molecular weight is 385 g/mol. The van der Waals surface area contributed by atoms with Gasteiger partial charge in [-0.3, -0.25) is 0 Å². The van der Waals surface area contributed by atoms with Crippen molar-refractivity contribution in [1.82, 2.24) is 4.72 Å². The predicted molar refractivity (Wildman–Crippen MR) is 92.9 cm³/mol. The maximum Gasteiger partial charge on any atom is 0.341 e. The van der Waals surface area contributed by atoms with Crippen LogP contribution in [0, 0.1) is 5.82 Å². The van der Waals surface area contributed by atoms with E-state index in [1.807, 2.05) is 0 Å². The second-order valence-electron chi connectivity index (χ2n) is 5.05. The lowest BCUT2D eigenvalue weighted by Gasteiger charge is -2.14.